The van der Waals surface area contributed by atoms with Crippen LogP contribution in [0.2, 0.25) is 0 Å². The molecule has 0 aromatic carbocycles. The van der Waals surface area contributed by atoms with Gasteiger partial charge in [-0.05, 0) is 13.8 Å². The van der Waals surface area contributed by atoms with Crippen LogP contribution >= 0.6 is 22.7 Å². The molecule has 0 spiro atoms. The quantitative estimate of drug-likeness (QED) is 0.789. The summed E-state index contributed by atoms with van der Waals surface area (Å²) >= 11 is 3.00. The van der Waals surface area contributed by atoms with Gasteiger partial charge in [0.25, 0.3) is 11.5 Å². The first-order chi connectivity index (χ1) is 10.5. The number of carbonyl (C=O) groups is 1. The molecular formula is C14H14N4O2S2. The molecule has 1 amide bonds. The molecule has 0 saturated heterocycles. The van der Waals surface area contributed by atoms with E-state index in [9.17, 15) is 9.59 Å². The number of thiazole rings is 2. The molecule has 0 atom stereocenters. The lowest BCUT2D eigenvalue weighted by atomic mass is 10.3. The van der Waals surface area contributed by atoms with Crippen LogP contribution in [-0.4, -0.2) is 26.8 Å². The number of amides is 1. The lowest BCUT2D eigenvalue weighted by molar-refractivity contribution is 0.0952. The van der Waals surface area contributed by atoms with Crippen LogP contribution < -0.4 is 10.9 Å². The lowest BCUT2D eigenvalue weighted by Gasteiger charge is -2.03. The lowest BCUT2D eigenvalue weighted by Crippen LogP contribution is -2.32. The third-order valence-electron chi connectivity index (χ3n) is 3.10. The zero-order valence-electron chi connectivity index (χ0n) is 12.1. The third kappa shape index (κ3) is 2.93. The molecule has 0 unspecified atom stereocenters. The highest BCUT2D eigenvalue weighted by Crippen LogP contribution is 2.12. The first-order valence-electron chi connectivity index (χ1n) is 6.71. The molecule has 3 aromatic rings. The van der Waals surface area contributed by atoms with Gasteiger partial charge in [0.15, 0.2) is 4.96 Å². The van der Waals surface area contributed by atoms with E-state index in [0.717, 1.165) is 15.6 Å². The molecule has 0 saturated carbocycles. The van der Waals surface area contributed by atoms with Crippen molar-refractivity contribution >= 4 is 33.5 Å². The first-order valence-corrected chi connectivity index (χ1v) is 8.41. The van der Waals surface area contributed by atoms with Gasteiger partial charge < -0.3 is 5.32 Å². The fourth-order valence-corrected chi connectivity index (χ4v) is 3.51. The number of hydrogen-bond donors (Lipinski definition) is 1. The molecule has 3 rings (SSSR count). The van der Waals surface area contributed by atoms with Gasteiger partial charge in [-0.3, -0.25) is 14.0 Å². The molecule has 0 aliphatic rings. The summed E-state index contributed by atoms with van der Waals surface area (Å²) in [5.74, 6) is -0.400. The van der Waals surface area contributed by atoms with Gasteiger partial charge in [-0.1, -0.05) is 0 Å². The van der Waals surface area contributed by atoms with Gasteiger partial charge in [0.1, 0.15) is 5.56 Å². The summed E-state index contributed by atoms with van der Waals surface area (Å²) in [4.78, 5) is 34.5. The third-order valence-corrected chi connectivity index (χ3v) is 4.83. The average Bonchev–Trinajstić information content (AvgIpc) is 3.05. The number of hydrogen-bond acceptors (Lipinski definition) is 6. The van der Waals surface area contributed by atoms with E-state index in [4.69, 9.17) is 0 Å². The van der Waals surface area contributed by atoms with Crippen molar-refractivity contribution in [2.45, 2.75) is 20.3 Å². The highest BCUT2D eigenvalue weighted by atomic mass is 32.1. The van der Waals surface area contributed by atoms with Crippen LogP contribution in [0.5, 0.6) is 0 Å². The fourth-order valence-electron chi connectivity index (χ4n) is 2.07. The molecule has 114 valence electrons. The summed E-state index contributed by atoms with van der Waals surface area (Å²) in [6.45, 7) is 4.28. The summed E-state index contributed by atoms with van der Waals surface area (Å²) in [5.41, 5.74) is 0.669. The maximum atomic E-state index is 12.3. The molecule has 3 heterocycles. The Morgan fingerprint density at radius 2 is 2.23 bits per heavy atom. The van der Waals surface area contributed by atoms with Gasteiger partial charge in [0, 0.05) is 35.6 Å². The Labute approximate surface area is 134 Å². The second-order valence-electron chi connectivity index (χ2n) is 4.84. The zero-order chi connectivity index (χ0) is 15.7. The Morgan fingerprint density at radius 3 is 2.95 bits per heavy atom. The Balaban J connectivity index is 1.72. The van der Waals surface area contributed by atoms with Gasteiger partial charge in [-0.2, -0.15) is 0 Å². The molecule has 0 radical (unpaired) electrons. The maximum Gasteiger partial charge on any atom is 0.271 e. The van der Waals surface area contributed by atoms with Gasteiger partial charge >= 0.3 is 0 Å². The molecular weight excluding hydrogens is 320 g/mol. The van der Waals surface area contributed by atoms with Crippen molar-refractivity contribution in [2.24, 2.45) is 0 Å². The number of aryl methyl sites for hydroxylation is 2. The van der Waals surface area contributed by atoms with E-state index < -0.39 is 5.91 Å². The molecule has 3 aromatic heterocycles. The smallest absolute Gasteiger partial charge is 0.271 e. The van der Waals surface area contributed by atoms with E-state index in [1.54, 1.807) is 17.5 Å². The number of carbonyl (C=O) groups excluding carboxylic acids is 1. The summed E-state index contributed by atoms with van der Waals surface area (Å²) in [6.07, 6.45) is 3.69. The van der Waals surface area contributed by atoms with Gasteiger partial charge in [0.05, 0.1) is 10.7 Å². The number of nitrogens with zero attached hydrogens (tertiary/aromatic N) is 3. The van der Waals surface area contributed by atoms with Gasteiger partial charge in [-0.25, -0.2) is 9.97 Å². The van der Waals surface area contributed by atoms with Gasteiger partial charge in [-0.15, -0.1) is 22.7 Å². The fraction of sp³-hybridized carbons (Fsp3) is 0.286. The Bertz CT molecular complexity index is 894. The van der Waals surface area contributed by atoms with E-state index in [0.29, 0.717) is 17.9 Å². The van der Waals surface area contributed by atoms with Crippen molar-refractivity contribution in [3.8, 4) is 0 Å². The van der Waals surface area contributed by atoms with Crippen LogP contribution in [0.4, 0.5) is 0 Å². The predicted octanol–water partition coefficient (Wildman–Crippen LogP) is 1.80. The predicted molar refractivity (Wildman–Crippen MR) is 87.0 cm³/mol. The van der Waals surface area contributed by atoms with Crippen LogP contribution in [0.15, 0.2) is 22.6 Å². The Hall–Kier alpha value is -2.06. The second kappa shape index (κ2) is 5.98. The SMILES string of the molecule is Cc1cn2c(=O)c(C(=O)NCCc3csc(C)n3)cnc2s1. The molecule has 8 heteroatoms. The Morgan fingerprint density at radius 1 is 1.41 bits per heavy atom. The minimum absolute atomic E-state index is 0.0600. The van der Waals surface area contributed by atoms with Crippen LogP contribution in [0, 0.1) is 13.8 Å². The monoisotopic (exact) mass is 334 g/mol. The Kier molecular flexibility index (Phi) is 4.04. The molecule has 0 aliphatic heterocycles. The molecule has 22 heavy (non-hydrogen) atoms. The van der Waals surface area contributed by atoms with Crippen LogP contribution in [0.25, 0.3) is 4.96 Å². The minimum Gasteiger partial charge on any atom is -0.351 e. The molecule has 0 bridgehead atoms. The standard InChI is InChI=1S/C14H14N4O2S2/c1-8-6-18-13(20)11(5-16-14(18)22-8)12(19)15-4-3-10-7-21-9(2)17-10/h5-7H,3-4H2,1-2H3,(H,15,19). The van der Waals surface area contributed by atoms with Crippen molar-refractivity contribution in [3.63, 3.8) is 0 Å². The second-order valence-corrected chi connectivity index (χ2v) is 7.11. The summed E-state index contributed by atoms with van der Waals surface area (Å²) in [5, 5.41) is 5.72. The average molecular weight is 334 g/mol. The molecule has 6 nitrogen and oxygen atoms in total. The van der Waals surface area contributed by atoms with E-state index >= 15 is 0 Å². The zero-order valence-corrected chi connectivity index (χ0v) is 13.8. The molecule has 1 N–H and O–H groups in total. The van der Waals surface area contributed by atoms with Gasteiger partial charge in [0.2, 0.25) is 0 Å². The van der Waals surface area contributed by atoms with Crippen LogP contribution in [0.3, 0.4) is 0 Å². The van der Waals surface area contributed by atoms with Crippen LogP contribution in [-0.2, 0) is 6.42 Å². The summed E-state index contributed by atoms with van der Waals surface area (Å²) in [6, 6.07) is 0. The van der Waals surface area contributed by atoms with E-state index in [1.165, 1.54) is 21.9 Å². The summed E-state index contributed by atoms with van der Waals surface area (Å²) in [7, 11) is 0. The van der Waals surface area contributed by atoms with Crippen molar-refractivity contribution < 1.29 is 4.79 Å². The van der Waals surface area contributed by atoms with E-state index in [2.05, 4.69) is 15.3 Å². The number of aromatic nitrogens is 3. The first kappa shape index (κ1) is 14.9. The summed E-state index contributed by atoms with van der Waals surface area (Å²) < 4.78 is 1.42. The van der Waals surface area contributed by atoms with Crippen molar-refractivity contribution in [1.29, 1.82) is 0 Å². The number of rotatable bonds is 4. The van der Waals surface area contributed by atoms with E-state index in [1.807, 2.05) is 19.2 Å². The minimum atomic E-state index is -0.400. The van der Waals surface area contributed by atoms with Crippen LogP contribution in [0.1, 0.15) is 25.9 Å². The maximum absolute atomic E-state index is 12.3. The van der Waals surface area contributed by atoms with Crippen molar-refractivity contribution in [1.82, 2.24) is 19.7 Å². The molecule has 0 fully saturated rings. The highest BCUT2D eigenvalue weighted by molar-refractivity contribution is 7.16. The normalized spacial score (nSPS) is 11.0. The molecule has 0 aliphatic carbocycles. The highest BCUT2D eigenvalue weighted by Gasteiger charge is 2.14. The number of fused-ring (bicyclic) bond motifs is 1. The topological polar surface area (TPSA) is 76.4 Å². The largest absolute Gasteiger partial charge is 0.351 e. The number of nitrogens with one attached hydrogen (secondary N) is 1. The van der Waals surface area contributed by atoms with Crippen molar-refractivity contribution in [3.05, 3.63) is 49.3 Å². The van der Waals surface area contributed by atoms with Crippen molar-refractivity contribution in [2.75, 3.05) is 6.54 Å². The van der Waals surface area contributed by atoms with E-state index in [-0.39, 0.29) is 11.1 Å².